The smallest absolute Gasteiger partial charge is 0.323 e. The van der Waals surface area contributed by atoms with Crippen molar-refractivity contribution in [3.05, 3.63) is 0 Å². The van der Waals surface area contributed by atoms with Crippen molar-refractivity contribution in [2.45, 2.75) is 52.1 Å². The fourth-order valence-electron chi connectivity index (χ4n) is 2.64. The Morgan fingerprint density at radius 2 is 1.95 bits per heavy atom. The van der Waals surface area contributed by atoms with Gasteiger partial charge in [0.25, 0.3) is 0 Å². The van der Waals surface area contributed by atoms with Gasteiger partial charge in [-0.1, -0.05) is 13.8 Å². The van der Waals surface area contributed by atoms with Gasteiger partial charge in [0.05, 0.1) is 12.6 Å². The predicted octanol–water partition coefficient (Wildman–Crippen LogP) is 0.655. The zero-order valence-corrected chi connectivity index (χ0v) is 12.6. The molecular formula is C14H24N2O4. The van der Waals surface area contributed by atoms with E-state index in [0.717, 1.165) is 6.42 Å². The van der Waals surface area contributed by atoms with Crippen molar-refractivity contribution in [3.8, 4) is 0 Å². The first kappa shape index (κ1) is 16.6. The molecule has 1 amide bonds. The number of carboxylic acid groups (broad SMARTS) is 1. The van der Waals surface area contributed by atoms with Crippen LogP contribution in [0.4, 0.5) is 0 Å². The normalized spacial score (nSPS) is 24.6. The van der Waals surface area contributed by atoms with Crippen molar-refractivity contribution in [1.82, 2.24) is 10.2 Å². The van der Waals surface area contributed by atoms with Crippen LogP contribution in [0.15, 0.2) is 0 Å². The molecule has 2 unspecified atom stereocenters. The second-order valence-corrected chi connectivity index (χ2v) is 6.00. The van der Waals surface area contributed by atoms with Crippen LogP contribution in [0.5, 0.6) is 0 Å². The van der Waals surface area contributed by atoms with Gasteiger partial charge in [-0.05, 0) is 39.2 Å². The van der Waals surface area contributed by atoms with Crippen LogP contribution >= 0.6 is 0 Å². The second kappa shape index (κ2) is 6.35. The maximum atomic E-state index is 12.0. The molecular weight excluding hydrogens is 260 g/mol. The van der Waals surface area contributed by atoms with Crippen molar-refractivity contribution in [2.75, 3.05) is 13.1 Å². The number of ketones is 1. The van der Waals surface area contributed by atoms with Crippen molar-refractivity contribution in [1.29, 1.82) is 0 Å². The van der Waals surface area contributed by atoms with Crippen molar-refractivity contribution < 1.29 is 19.5 Å². The molecule has 20 heavy (non-hydrogen) atoms. The summed E-state index contributed by atoms with van der Waals surface area (Å²) in [7, 11) is 0. The maximum Gasteiger partial charge on any atom is 0.323 e. The molecule has 0 aliphatic carbocycles. The summed E-state index contributed by atoms with van der Waals surface area (Å²) in [5.74, 6) is -1.28. The molecule has 1 aliphatic rings. The third-order valence-electron chi connectivity index (χ3n) is 4.01. The molecule has 0 bridgehead atoms. The minimum absolute atomic E-state index is 0.0132. The van der Waals surface area contributed by atoms with E-state index in [1.165, 1.54) is 6.92 Å². The van der Waals surface area contributed by atoms with Gasteiger partial charge in [-0.25, -0.2) is 0 Å². The van der Waals surface area contributed by atoms with E-state index >= 15 is 0 Å². The van der Waals surface area contributed by atoms with Gasteiger partial charge in [-0.15, -0.1) is 0 Å². The van der Waals surface area contributed by atoms with Crippen molar-refractivity contribution in [3.63, 3.8) is 0 Å². The molecule has 0 saturated carbocycles. The van der Waals surface area contributed by atoms with E-state index in [0.29, 0.717) is 13.0 Å². The summed E-state index contributed by atoms with van der Waals surface area (Å²) in [6.07, 6.45) is 1.30. The first-order valence-corrected chi connectivity index (χ1v) is 6.96. The lowest BCUT2D eigenvalue weighted by Gasteiger charge is -2.31. The Morgan fingerprint density at radius 3 is 2.40 bits per heavy atom. The van der Waals surface area contributed by atoms with E-state index < -0.39 is 17.6 Å². The number of rotatable bonds is 6. The largest absolute Gasteiger partial charge is 0.480 e. The topological polar surface area (TPSA) is 86.7 Å². The number of nitrogens with one attached hydrogen (secondary N) is 1. The van der Waals surface area contributed by atoms with E-state index in [1.807, 2.05) is 13.8 Å². The van der Waals surface area contributed by atoms with Crippen LogP contribution in [0.1, 0.15) is 40.5 Å². The summed E-state index contributed by atoms with van der Waals surface area (Å²) in [5.41, 5.74) is -0.985. The predicted molar refractivity (Wildman–Crippen MR) is 74.3 cm³/mol. The van der Waals surface area contributed by atoms with Crippen molar-refractivity contribution >= 4 is 17.7 Å². The van der Waals surface area contributed by atoms with Gasteiger partial charge in [-0.3, -0.25) is 19.3 Å². The average Bonchev–Trinajstić information content (AvgIpc) is 2.68. The quantitative estimate of drug-likeness (QED) is 0.748. The SMILES string of the molecule is CC(=O)C(NC(=O)CN1CCCC1(C)C(=O)O)C(C)C. The van der Waals surface area contributed by atoms with E-state index in [4.69, 9.17) is 0 Å². The lowest BCUT2D eigenvalue weighted by atomic mass is 9.99. The highest BCUT2D eigenvalue weighted by atomic mass is 16.4. The van der Waals surface area contributed by atoms with Crippen LogP contribution in [0, 0.1) is 5.92 Å². The third kappa shape index (κ3) is 3.56. The first-order valence-electron chi connectivity index (χ1n) is 6.96. The minimum atomic E-state index is -0.985. The second-order valence-electron chi connectivity index (χ2n) is 6.00. The molecule has 6 nitrogen and oxygen atoms in total. The van der Waals surface area contributed by atoms with Crippen LogP contribution in [-0.4, -0.2) is 52.3 Å². The van der Waals surface area contributed by atoms with Gasteiger partial charge in [0, 0.05) is 0 Å². The number of amides is 1. The summed E-state index contributed by atoms with van der Waals surface area (Å²) < 4.78 is 0. The molecule has 6 heteroatoms. The number of hydrogen-bond donors (Lipinski definition) is 2. The molecule has 0 aromatic rings. The summed E-state index contributed by atoms with van der Waals surface area (Å²) in [6, 6.07) is -0.513. The average molecular weight is 284 g/mol. The number of carbonyl (C=O) groups is 3. The summed E-state index contributed by atoms with van der Waals surface area (Å²) in [6.45, 7) is 7.41. The first-order chi connectivity index (χ1) is 9.18. The van der Waals surface area contributed by atoms with E-state index in [1.54, 1.807) is 11.8 Å². The van der Waals surface area contributed by atoms with Gasteiger partial charge in [0.2, 0.25) is 5.91 Å². The molecule has 114 valence electrons. The van der Waals surface area contributed by atoms with Crippen LogP contribution in [0.25, 0.3) is 0 Å². The molecule has 0 aromatic carbocycles. The molecule has 1 heterocycles. The van der Waals surface area contributed by atoms with Gasteiger partial charge >= 0.3 is 5.97 Å². The van der Waals surface area contributed by atoms with E-state index in [2.05, 4.69) is 5.32 Å². The standard InChI is InChI=1S/C14H24N2O4/c1-9(2)12(10(3)17)15-11(18)8-16-7-5-6-14(16,4)13(19)20/h9,12H,5-8H2,1-4H3,(H,15,18)(H,19,20). The fraction of sp³-hybridized carbons (Fsp3) is 0.786. The molecule has 0 spiro atoms. The Bertz CT molecular complexity index is 408. The summed E-state index contributed by atoms with van der Waals surface area (Å²) >= 11 is 0. The number of Topliss-reactive ketones (excluding diaryl/α,β-unsaturated/α-hetero) is 1. The fourth-order valence-corrected chi connectivity index (χ4v) is 2.64. The minimum Gasteiger partial charge on any atom is -0.480 e. The Morgan fingerprint density at radius 1 is 1.35 bits per heavy atom. The number of likely N-dealkylation sites (tertiary alicyclic amines) is 1. The zero-order valence-electron chi connectivity index (χ0n) is 12.6. The lowest BCUT2D eigenvalue weighted by molar-refractivity contribution is -0.149. The van der Waals surface area contributed by atoms with Gasteiger partial charge in [-0.2, -0.15) is 0 Å². The summed E-state index contributed by atoms with van der Waals surface area (Å²) in [4.78, 5) is 36.5. The molecule has 1 rings (SSSR count). The Kier molecular flexibility index (Phi) is 5.28. The number of nitrogens with zero attached hydrogens (tertiary/aromatic N) is 1. The van der Waals surface area contributed by atoms with Gasteiger partial charge in [0.15, 0.2) is 5.78 Å². The molecule has 0 radical (unpaired) electrons. The zero-order chi connectivity index (χ0) is 15.5. The molecule has 2 atom stereocenters. The Hall–Kier alpha value is -1.43. The van der Waals surface area contributed by atoms with Crippen LogP contribution in [0.3, 0.4) is 0 Å². The Balaban J connectivity index is 2.66. The highest BCUT2D eigenvalue weighted by molar-refractivity contribution is 5.89. The molecule has 1 saturated heterocycles. The molecule has 1 fully saturated rings. The monoisotopic (exact) mass is 284 g/mol. The maximum absolute atomic E-state index is 12.0. The molecule has 1 aliphatic heterocycles. The molecule has 0 aromatic heterocycles. The van der Waals surface area contributed by atoms with Crippen LogP contribution in [-0.2, 0) is 14.4 Å². The third-order valence-corrected chi connectivity index (χ3v) is 4.01. The molecule has 2 N–H and O–H groups in total. The van der Waals surface area contributed by atoms with Crippen LogP contribution < -0.4 is 5.32 Å². The lowest BCUT2D eigenvalue weighted by Crippen LogP contribution is -2.53. The van der Waals surface area contributed by atoms with Gasteiger partial charge in [0.1, 0.15) is 5.54 Å². The Labute approximate surface area is 119 Å². The highest BCUT2D eigenvalue weighted by Crippen LogP contribution is 2.28. The van der Waals surface area contributed by atoms with E-state index in [-0.39, 0.29) is 24.2 Å². The summed E-state index contributed by atoms with van der Waals surface area (Å²) in [5, 5.41) is 12.0. The number of carboxylic acids is 1. The highest BCUT2D eigenvalue weighted by Gasteiger charge is 2.44. The van der Waals surface area contributed by atoms with Crippen LogP contribution in [0.2, 0.25) is 0 Å². The van der Waals surface area contributed by atoms with E-state index in [9.17, 15) is 19.5 Å². The number of hydrogen-bond acceptors (Lipinski definition) is 4. The van der Waals surface area contributed by atoms with Gasteiger partial charge < -0.3 is 10.4 Å². The number of carbonyl (C=O) groups excluding carboxylic acids is 2. The number of aliphatic carboxylic acids is 1. The van der Waals surface area contributed by atoms with Crippen molar-refractivity contribution in [2.24, 2.45) is 5.92 Å².